The van der Waals surface area contributed by atoms with Crippen LogP contribution in [-0.2, 0) is 0 Å². The number of carbonyl (C=O) groups is 1. The molecule has 1 aromatic rings. The lowest BCUT2D eigenvalue weighted by atomic mass is 10.1. The molecule has 0 bridgehead atoms. The van der Waals surface area contributed by atoms with Crippen LogP contribution >= 0.6 is 0 Å². The standard InChI is InChI=1S/C11H14F2N4O4/c12-9(13)6-16(4-5-18)11(19)7-2-1-3-8(17(20)21)10(7)15-14/h1-3,9,15,18H,4-6,14H2. The SMILES string of the molecule is NNc1c(C(=O)N(CCO)CC(F)F)cccc1[N+](=O)[O-]. The van der Waals surface area contributed by atoms with Crippen LogP contribution in [0.5, 0.6) is 0 Å². The summed E-state index contributed by atoms with van der Waals surface area (Å²) in [6, 6.07) is 3.58. The van der Waals surface area contributed by atoms with Gasteiger partial charge in [0.25, 0.3) is 18.0 Å². The number of hydrogen-bond acceptors (Lipinski definition) is 6. The number of nitrogen functional groups attached to an aromatic ring is 1. The molecule has 0 aromatic heterocycles. The van der Waals surface area contributed by atoms with Gasteiger partial charge < -0.3 is 15.4 Å². The number of halogens is 2. The largest absolute Gasteiger partial charge is 0.395 e. The summed E-state index contributed by atoms with van der Waals surface area (Å²) in [6.07, 6.45) is -2.80. The third-order valence-corrected chi connectivity index (χ3v) is 2.63. The summed E-state index contributed by atoms with van der Waals surface area (Å²) < 4.78 is 24.9. The van der Waals surface area contributed by atoms with Gasteiger partial charge in [0.15, 0.2) is 0 Å². The van der Waals surface area contributed by atoms with Crippen molar-refractivity contribution in [3.05, 3.63) is 33.9 Å². The molecule has 4 N–H and O–H groups in total. The van der Waals surface area contributed by atoms with Gasteiger partial charge in [0.1, 0.15) is 5.69 Å². The van der Waals surface area contributed by atoms with Gasteiger partial charge in [0.05, 0.1) is 23.6 Å². The van der Waals surface area contributed by atoms with Gasteiger partial charge in [-0.1, -0.05) is 6.07 Å². The first-order valence-corrected chi connectivity index (χ1v) is 5.84. The Labute approximate surface area is 118 Å². The van der Waals surface area contributed by atoms with Crippen LogP contribution in [0, 0.1) is 10.1 Å². The molecule has 21 heavy (non-hydrogen) atoms. The van der Waals surface area contributed by atoms with E-state index in [2.05, 4.69) is 0 Å². The monoisotopic (exact) mass is 304 g/mol. The van der Waals surface area contributed by atoms with E-state index in [-0.39, 0.29) is 17.8 Å². The van der Waals surface area contributed by atoms with Crippen molar-refractivity contribution in [2.75, 3.05) is 25.1 Å². The molecule has 0 spiro atoms. The lowest BCUT2D eigenvalue weighted by Crippen LogP contribution is -2.37. The second-order valence-electron chi connectivity index (χ2n) is 3.97. The maximum absolute atomic E-state index is 12.5. The quantitative estimate of drug-likeness (QED) is 0.385. The van der Waals surface area contributed by atoms with Crippen molar-refractivity contribution in [3.63, 3.8) is 0 Å². The van der Waals surface area contributed by atoms with Crippen molar-refractivity contribution in [1.29, 1.82) is 0 Å². The molecule has 8 nitrogen and oxygen atoms in total. The number of nitro groups is 1. The van der Waals surface area contributed by atoms with Gasteiger partial charge >= 0.3 is 0 Å². The molecular weight excluding hydrogens is 290 g/mol. The zero-order valence-electron chi connectivity index (χ0n) is 10.8. The fraction of sp³-hybridized carbons (Fsp3) is 0.364. The normalized spacial score (nSPS) is 10.5. The van der Waals surface area contributed by atoms with Crippen LogP contribution in [0.3, 0.4) is 0 Å². The summed E-state index contributed by atoms with van der Waals surface area (Å²) in [5.74, 6) is 4.29. The van der Waals surface area contributed by atoms with Crippen LogP contribution in [-0.4, -0.2) is 47.0 Å². The molecule has 0 radical (unpaired) electrons. The predicted octanol–water partition coefficient (Wildman–Crippen LogP) is 0.580. The van der Waals surface area contributed by atoms with Crippen LogP contribution in [0.15, 0.2) is 18.2 Å². The second kappa shape index (κ2) is 7.45. The van der Waals surface area contributed by atoms with E-state index in [0.29, 0.717) is 4.90 Å². The average Bonchev–Trinajstić information content (AvgIpc) is 2.44. The number of aliphatic hydroxyl groups is 1. The van der Waals surface area contributed by atoms with E-state index in [0.717, 1.165) is 6.07 Å². The number of nitro benzene ring substituents is 1. The summed E-state index contributed by atoms with van der Waals surface area (Å²) in [5.41, 5.74) is 1.09. The number of aliphatic hydroxyl groups excluding tert-OH is 1. The van der Waals surface area contributed by atoms with E-state index < -0.39 is 36.1 Å². The predicted molar refractivity (Wildman–Crippen MR) is 69.9 cm³/mol. The highest BCUT2D eigenvalue weighted by Crippen LogP contribution is 2.28. The molecule has 116 valence electrons. The molecule has 1 amide bonds. The minimum absolute atomic E-state index is 0.221. The molecule has 0 unspecified atom stereocenters. The summed E-state index contributed by atoms with van der Waals surface area (Å²) in [7, 11) is 0. The fourth-order valence-corrected chi connectivity index (χ4v) is 1.76. The maximum Gasteiger partial charge on any atom is 0.294 e. The second-order valence-corrected chi connectivity index (χ2v) is 3.97. The third-order valence-electron chi connectivity index (χ3n) is 2.63. The molecular formula is C11H14F2N4O4. The number of nitrogens with zero attached hydrogens (tertiary/aromatic N) is 2. The summed E-state index contributed by atoms with van der Waals surface area (Å²) in [5, 5.41) is 19.7. The number of amides is 1. The van der Waals surface area contributed by atoms with E-state index in [1.165, 1.54) is 12.1 Å². The lowest BCUT2D eigenvalue weighted by molar-refractivity contribution is -0.384. The Bertz CT molecular complexity index is 527. The molecule has 1 rings (SSSR count). The van der Waals surface area contributed by atoms with Crippen LogP contribution in [0.2, 0.25) is 0 Å². The van der Waals surface area contributed by atoms with E-state index >= 15 is 0 Å². The summed E-state index contributed by atoms with van der Waals surface area (Å²) >= 11 is 0. The van der Waals surface area contributed by atoms with Crippen LogP contribution in [0.25, 0.3) is 0 Å². The van der Waals surface area contributed by atoms with E-state index in [4.69, 9.17) is 10.9 Å². The lowest BCUT2D eigenvalue weighted by Gasteiger charge is -2.22. The first-order chi connectivity index (χ1) is 9.92. The highest BCUT2D eigenvalue weighted by atomic mass is 19.3. The molecule has 10 heteroatoms. The molecule has 0 saturated heterocycles. The van der Waals surface area contributed by atoms with E-state index in [1.807, 2.05) is 5.43 Å². The number of para-hydroxylation sites is 1. The van der Waals surface area contributed by atoms with Gasteiger partial charge in [-0.25, -0.2) is 8.78 Å². The topological polar surface area (TPSA) is 122 Å². The van der Waals surface area contributed by atoms with E-state index in [1.54, 1.807) is 0 Å². The summed E-state index contributed by atoms with van der Waals surface area (Å²) in [4.78, 5) is 23.0. The number of hydrogen-bond donors (Lipinski definition) is 3. The van der Waals surface area contributed by atoms with Crippen molar-refractivity contribution in [3.8, 4) is 0 Å². The Morgan fingerprint density at radius 2 is 2.19 bits per heavy atom. The highest BCUT2D eigenvalue weighted by Gasteiger charge is 2.26. The molecule has 0 aliphatic rings. The zero-order valence-corrected chi connectivity index (χ0v) is 10.8. The Morgan fingerprint density at radius 1 is 1.52 bits per heavy atom. The minimum atomic E-state index is -2.80. The van der Waals surface area contributed by atoms with Crippen molar-refractivity contribution in [1.82, 2.24) is 4.90 Å². The molecule has 0 atom stereocenters. The number of rotatable bonds is 7. The van der Waals surface area contributed by atoms with Crippen molar-refractivity contribution in [2.24, 2.45) is 5.84 Å². The Balaban J connectivity index is 3.21. The van der Waals surface area contributed by atoms with Gasteiger partial charge in [-0.05, 0) is 6.07 Å². The molecule has 0 aliphatic carbocycles. The summed E-state index contributed by atoms with van der Waals surface area (Å²) in [6.45, 7) is -1.74. The first-order valence-electron chi connectivity index (χ1n) is 5.84. The van der Waals surface area contributed by atoms with Crippen LogP contribution < -0.4 is 11.3 Å². The molecule has 1 aromatic carbocycles. The van der Waals surface area contributed by atoms with Gasteiger partial charge in [0.2, 0.25) is 0 Å². The number of benzene rings is 1. The number of carbonyl (C=O) groups excluding carboxylic acids is 1. The fourth-order valence-electron chi connectivity index (χ4n) is 1.76. The van der Waals surface area contributed by atoms with Crippen molar-refractivity contribution in [2.45, 2.75) is 6.43 Å². The Morgan fingerprint density at radius 3 is 2.67 bits per heavy atom. The molecule has 0 aliphatic heterocycles. The molecule has 0 saturated carbocycles. The Hall–Kier alpha value is -2.33. The molecule has 0 fully saturated rings. The van der Waals surface area contributed by atoms with E-state index in [9.17, 15) is 23.7 Å². The van der Waals surface area contributed by atoms with Gasteiger partial charge in [-0.15, -0.1) is 0 Å². The number of nitrogens with two attached hydrogens (primary N) is 1. The van der Waals surface area contributed by atoms with Crippen LogP contribution in [0.1, 0.15) is 10.4 Å². The minimum Gasteiger partial charge on any atom is -0.395 e. The van der Waals surface area contributed by atoms with Gasteiger partial charge in [-0.2, -0.15) is 0 Å². The number of anilines is 1. The van der Waals surface area contributed by atoms with Crippen molar-refractivity contribution >= 4 is 17.3 Å². The number of nitrogens with one attached hydrogen (secondary N) is 1. The average molecular weight is 304 g/mol. The number of alkyl halides is 2. The number of hydrazine groups is 1. The molecule has 0 heterocycles. The third kappa shape index (κ3) is 4.07. The van der Waals surface area contributed by atoms with Crippen LogP contribution in [0.4, 0.5) is 20.2 Å². The maximum atomic E-state index is 12.5. The Kier molecular flexibility index (Phi) is 5.93. The zero-order chi connectivity index (χ0) is 16.0. The van der Waals surface area contributed by atoms with Gasteiger partial charge in [-0.3, -0.25) is 20.8 Å². The van der Waals surface area contributed by atoms with Gasteiger partial charge in [0, 0.05) is 12.6 Å². The smallest absolute Gasteiger partial charge is 0.294 e. The van der Waals surface area contributed by atoms with Crippen molar-refractivity contribution < 1.29 is 23.6 Å². The highest BCUT2D eigenvalue weighted by molar-refractivity contribution is 6.01. The first kappa shape index (κ1) is 16.7.